The molecule has 11 heteroatoms. The third-order valence-corrected chi connectivity index (χ3v) is 6.29. The van der Waals surface area contributed by atoms with Crippen LogP contribution in [0, 0.1) is 0 Å². The summed E-state index contributed by atoms with van der Waals surface area (Å²) in [5.74, 6) is -0.849. The van der Waals surface area contributed by atoms with Gasteiger partial charge in [-0.05, 0) is 48.9 Å². The summed E-state index contributed by atoms with van der Waals surface area (Å²) >= 11 is 0. The Bertz CT molecular complexity index is 1880. The van der Waals surface area contributed by atoms with Crippen molar-refractivity contribution in [2.75, 3.05) is 0 Å². The van der Waals surface area contributed by atoms with Crippen molar-refractivity contribution >= 4 is 34.4 Å². The highest BCUT2D eigenvalue weighted by Crippen LogP contribution is 2.27. The SMILES string of the molecule is CCCn1c(=O)[nH]c2ccc(C(=O)c3nc(-c4cccc(C(=O)NC(N)C=O)c4)c4ccccn34)cc2c1=O. The van der Waals surface area contributed by atoms with E-state index in [2.05, 4.69) is 15.3 Å². The van der Waals surface area contributed by atoms with Crippen LogP contribution in [0.3, 0.4) is 0 Å². The first-order valence-electron chi connectivity index (χ1n) is 12.2. The van der Waals surface area contributed by atoms with E-state index in [1.165, 1.54) is 18.2 Å². The van der Waals surface area contributed by atoms with Gasteiger partial charge < -0.3 is 16.0 Å². The van der Waals surface area contributed by atoms with Gasteiger partial charge in [0, 0.05) is 29.4 Å². The van der Waals surface area contributed by atoms with Crippen molar-refractivity contribution in [2.45, 2.75) is 26.1 Å². The fourth-order valence-electron chi connectivity index (χ4n) is 4.43. The van der Waals surface area contributed by atoms with Crippen LogP contribution in [0.2, 0.25) is 0 Å². The molecule has 2 aromatic carbocycles. The van der Waals surface area contributed by atoms with Gasteiger partial charge >= 0.3 is 5.69 Å². The van der Waals surface area contributed by atoms with Gasteiger partial charge in [0.1, 0.15) is 6.17 Å². The lowest BCUT2D eigenvalue weighted by atomic mass is 10.1. The average Bonchev–Trinajstić information content (AvgIpc) is 3.34. The number of imidazole rings is 1. The normalized spacial score (nSPS) is 11.9. The van der Waals surface area contributed by atoms with Crippen molar-refractivity contribution < 1.29 is 14.4 Å². The molecule has 196 valence electrons. The monoisotopic (exact) mass is 524 g/mol. The Morgan fingerprint density at radius 3 is 2.67 bits per heavy atom. The molecule has 0 fully saturated rings. The average molecular weight is 525 g/mol. The molecule has 0 saturated heterocycles. The molecule has 0 saturated carbocycles. The molecule has 0 aliphatic rings. The molecule has 1 atom stereocenters. The summed E-state index contributed by atoms with van der Waals surface area (Å²) in [5.41, 5.74) is 7.03. The predicted octanol–water partition coefficient (Wildman–Crippen LogP) is 1.86. The Hall–Kier alpha value is -5.16. The molecule has 0 spiro atoms. The summed E-state index contributed by atoms with van der Waals surface area (Å²) in [7, 11) is 0. The fourth-order valence-corrected chi connectivity index (χ4v) is 4.43. The first-order valence-corrected chi connectivity index (χ1v) is 12.2. The number of nitrogens with zero attached hydrogens (tertiary/aromatic N) is 3. The second kappa shape index (κ2) is 10.3. The number of aromatic nitrogens is 4. The second-order valence-corrected chi connectivity index (χ2v) is 8.93. The van der Waals surface area contributed by atoms with Crippen LogP contribution in [-0.2, 0) is 11.3 Å². The summed E-state index contributed by atoms with van der Waals surface area (Å²) in [4.78, 5) is 69.6. The molecule has 4 N–H and O–H groups in total. The van der Waals surface area contributed by atoms with Crippen LogP contribution in [0.15, 0.2) is 76.4 Å². The van der Waals surface area contributed by atoms with Gasteiger partial charge in [-0.3, -0.25) is 28.1 Å². The summed E-state index contributed by atoms with van der Waals surface area (Å²) in [6.45, 7) is 2.12. The zero-order valence-corrected chi connectivity index (χ0v) is 20.9. The van der Waals surface area contributed by atoms with Crippen molar-refractivity contribution in [3.8, 4) is 11.3 Å². The minimum Gasteiger partial charge on any atom is -0.330 e. The Labute approximate surface area is 220 Å². The van der Waals surface area contributed by atoms with Crippen LogP contribution in [0.5, 0.6) is 0 Å². The molecule has 39 heavy (non-hydrogen) atoms. The molecule has 1 unspecified atom stereocenters. The number of ketones is 1. The number of fused-ring (bicyclic) bond motifs is 2. The Morgan fingerprint density at radius 1 is 1.08 bits per heavy atom. The van der Waals surface area contributed by atoms with E-state index in [9.17, 15) is 24.0 Å². The molecule has 5 rings (SSSR count). The first kappa shape index (κ1) is 25.5. The molecule has 3 heterocycles. The van der Waals surface area contributed by atoms with Crippen molar-refractivity contribution in [3.63, 3.8) is 0 Å². The number of hydrogen-bond donors (Lipinski definition) is 3. The maximum absolute atomic E-state index is 13.7. The lowest BCUT2D eigenvalue weighted by Crippen LogP contribution is -2.42. The highest BCUT2D eigenvalue weighted by atomic mass is 16.2. The number of hydrogen-bond acceptors (Lipinski definition) is 7. The zero-order valence-electron chi connectivity index (χ0n) is 20.9. The van der Waals surface area contributed by atoms with Crippen molar-refractivity contribution in [1.29, 1.82) is 0 Å². The highest BCUT2D eigenvalue weighted by Gasteiger charge is 2.21. The first-order chi connectivity index (χ1) is 18.8. The molecule has 1 amide bonds. The minimum absolute atomic E-state index is 0.107. The number of nitrogens with one attached hydrogen (secondary N) is 2. The molecule has 0 radical (unpaired) electrons. The van der Waals surface area contributed by atoms with Crippen LogP contribution in [-0.4, -0.2) is 43.1 Å². The van der Waals surface area contributed by atoms with E-state index in [0.29, 0.717) is 35.0 Å². The van der Waals surface area contributed by atoms with Crippen molar-refractivity contribution in [2.24, 2.45) is 5.73 Å². The van der Waals surface area contributed by atoms with Gasteiger partial charge in [-0.1, -0.05) is 25.1 Å². The van der Waals surface area contributed by atoms with Gasteiger partial charge in [0.15, 0.2) is 12.1 Å². The Balaban J connectivity index is 1.60. The van der Waals surface area contributed by atoms with E-state index in [1.54, 1.807) is 53.1 Å². The summed E-state index contributed by atoms with van der Waals surface area (Å²) in [5, 5.41) is 2.61. The van der Waals surface area contributed by atoms with Gasteiger partial charge in [-0.25, -0.2) is 9.78 Å². The molecule has 0 aliphatic carbocycles. The summed E-state index contributed by atoms with van der Waals surface area (Å²) < 4.78 is 2.75. The quantitative estimate of drug-likeness (QED) is 0.159. The smallest absolute Gasteiger partial charge is 0.328 e. The number of carbonyl (C=O) groups is 3. The fraction of sp³-hybridized carbons (Fsp3) is 0.143. The third-order valence-electron chi connectivity index (χ3n) is 6.29. The number of amides is 1. The van der Waals surface area contributed by atoms with Gasteiger partial charge in [0.2, 0.25) is 5.78 Å². The largest absolute Gasteiger partial charge is 0.330 e. The lowest BCUT2D eigenvalue weighted by molar-refractivity contribution is -0.109. The number of nitrogens with two attached hydrogens (primary N) is 1. The Kier molecular flexibility index (Phi) is 6.73. The van der Waals surface area contributed by atoms with Crippen LogP contribution in [0.1, 0.15) is 39.9 Å². The van der Waals surface area contributed by atoms with E-state index >= 15 is 0 Å². The second-order valence-electron chi connectivity index (χ2n) is 8.93. The predicted molar refractivity (Wildman–Crippen MR) is 145 cm³/mol. The minimum atomic E-state index is -1.13. The number of rotatable bonds is 8. The molecular formula is C28H24N6O5. The van der Waals surface area contributed by atoms with E-state index in [0.717, 1.165) is 4.57 Å². The Morgan fingerprint density at radius 2 is 1.90 bits per heavy atom. The van der Waals surface area contributed by atoms with Gasteiger partial charge in [0.05, 0.1) is 22.1 Å². The van der Waals surface area contributed by atoms with Gasteiger partial charge in [-0.2, -0.15) is 0 Å². The van der Waals surface area contributed by atoms with E-state index < -0.39 is 29.1 Å². The number of H-pyrrole nitrogens is 1. The molecule has 3 aromatic heterocycles. The van der Waals surface area contributed by atoms with E-state index in [1.807, 2.05) is 6.92 Å². The van der Waals surface area contributed by atoms with Crippen molar-refractivity contribution in [1.82, 2.24) is 24.3 Å². The van der Waals surface area contributed by atoms with Crippen LogP contribution < -0.4 is 22.3 Å². The molecule has 0 bridgehead atoms. The standard InChI is InChI=1S/C28H24N6O5/c1-2-11-34-27(38)19-14-17(9-10-20(19)30-28(34)39)24(36)25-32-23(21-8-3-4-12-33(21)25)16-6-5-7-18(13-16)26(37)31-22(29)15-35/h3-10,12-15,22H,2,11,29H2,1H3,(H,30,39)(H,31,37). The number of aromatic amines is 1. The van der Waals surface area contributed by atoms with Crippen LogP contribution in [0.25, 0.3) is 27.7 Å². The number of carbonyl (C=O) groups excluding carboxylic acids is 3. The van der Waals surface area contributed by atoms with Crippen LogP contribution in [0.4, 0.5) is 0 Å². The van der Waals surface area contributed by atoms with Crippen LogP contribution >= 0.6 is 0 Å². The highest BCUT2D eigenvalue weighted by molar-refractivity contribution is 6.09. The van der Waals surface area contributed by atoms with E-state index in [4.69, 9.17) is 5.73 Å². The molecular weight excluding hydrogens is 500 g/mol. The number of benzene rings is 2. The van der Waals surface area contributed by atoms with Gasteiger partial charge in [-0.15, -0.1) is 0 Å². The topological polar surface area (TPSA) is 161 Å². The number of pyridine rings is 1. The zero-order chi connectivity index (χ0) is 27.7. The third kappa shape index (κ3) is 4.66. The maximum atomic E-state index is 13.7. The number of aldehydes is 1. The van der Waals surface area contributed by atoms with E-state index in [-0.39, 0.29) is 28.9 Å². The van der Waals surface area contributed by atoms with Gasteiger partial charge in [0.25, 0.3) is 11.5 Å². The molecule has 0 aliphatic heterocycles. The summed E-state index contributed by atoms with van der Waals surface area (Å²) in [6, 6.07) is 16.5. The molecule has 5 aromatic rings. The molecule has 11 nitrogen and oxygen atoms in total. The van der Waals surface area contributed by atoms with Crippen molar-refractivity contribution in [3.05, 3.63) is 105 Å². The lowest BCUT2D eigenvalue weighted by Gasteiger charge is -2.08. The summed E-state index contributed by atoms with van der Waals surface area (Å²) in [6.07, 6.45) is 1.59. The maximum Gasteiger partial charge on any atom is 0.328 e.